The van der Waals surface area contributed by atoms with Gasteiger partial charge in [-0.2, -0.15) is 0 Å². The van der Waals surface area contributed by atoms with Gasteiger partial charge in [-0.3, -0.25) is 14.9 Å². The number of anilines is 1. The third-order valence-electron chi connectivity index (χ3n) is 3.15. The van der Waals surface area contributed by atoms with Gasteiger partial charge in [0, 0.05) is 23.4 Å². The summed E-state index contributed by atoms with van der Waals surface area (Å²) in [6.07, 6.45) is 0. The number of rotatable bonds is 4. The molecular formula is C16H16N2O3. The molecule has 1 N–H and O–H groups in total. The summed E-state index contributed by atoms with van der Waals surface area (Å²) in [6, 6.07) is 13.2. The summed E-state index contributed by atoms with van der Waals surface area (Å²) in [5.41, 5.74) is 1.92. The number of hydrogen-bond donors (Lipinski definition) is 1. The second-order valence-electron chi connectivity index (χ2n) is 5.00. The maximum atomic E-state index is 12.2. The fraction of sp³-hybridized carbons (Fsp3) is 0.188. The molecule has 0 bridgehead atoms. The number of nitro groups is 1. The van der Waals surface area contributed by atoms with E-state index in [2.05, 4.69) is 5.32 Å². The fourth-order valence-electron chi connectivity index (χ4n) is 2.07. The van der Waals surface area contributed by atoms with Gasteiger partial charge in [-0.1, -0.05) is 38.1 Å². The monoisotopic (exact) mass is 284 g/mol. The number of non-ortho nitro benzene ring substituents is 1. The molecule has 2 aromatic carbocycles. The molecule has 5 nitrogen and oxygen atoms in total. The summed E-state index contributed by atoms with van der Waals surface area (Å²) in [6.45, 7) is 4.08. The molecule has 0 aromatic heterocycles. The third-order valence-corrected chi connectivity index (χ3v) is 3.15. The minimum absolute atomic E-state index is 0.0974. The molecular weight excluding hydrogens is 268 g/mol. The Morgan fingerprint density at radius 2 is 1.86 bits per heavy atom. The van der Waals surface area contributed by atoms with Gasteiger partial charge >= 0.3 is 0 Å². The van der Waals surface area contributed by atoms with E-state index in [1.807, 2.05) is 38.1 Å². The minimum Gasteiger partial charge on any atom is -0.322 e. The zero-order chi connectivity index (χ0) is 15.4. The van der Waals surface area contributed by atoms with Crippen molar-refractivity contribution in [2.75, 3.05) is 5.32 Å². The van der Waals surface area contributed by atoms with Crippen LogP contribution in [0.2, 0.25) is 0 Å². The van der Waals surface area contributed by atoms with Crippen molar-refractivity contribution < 1.29 is 9.72 Å². The summed E-state index contributed by atoms with van der Waals surface area (Å²) in [5, 5.41) is 13.6. The van der Waals surface area contributed by atoms with Crippen molar-refractivity contribution in [1.82, 2.24) is 0 Å². The summed E-state index contributed by atoms with van der Waals surface area (Å²) in [4.78, 5) is 22.5. The molecule has 0 atom stereocenters. The molecule has 0 aliphatic carbocycles. The Balaban J connectivity index is 2.26. The van der Waals surface area contributed by atoms with Crippen molar-refractivity contribution in [1.29, 1.82) is 0 Å². The fourth-order valence-corrected chi connectivity index (χ4v) is 2.07. The van der Waals surface area contributed by atoms with E-state index in [-0.39, 0.29) is 23.1 Å². The summed E-state index contributed by atoms with van der Waals surface area (Å²) in [5.74, 6) is -0.0848. The van der Waals surface area contributed by atoms with Gasteiger partial charge in [-0.05, 0) is 23.6 Å². The van der Waals surface area contributed by atoms with Crippen LogP contribution in [0.25, 0.3) is 0 Å². The van der Waals surface area contributed by atoms with E-state index in [1.165, 1.54) is 18.2 Å². The van der Waals surface area contributed by atoms with E-state index >= 15 is 0 Å². The molecule has 0 spiro atoms. The number of nitrogens with zero attached hydrogens (tertiary/aromatic N) is 1. The van der Waals surface area contributed by atoms with Gasteiger partial charge in [0.1, 0.15) is 0 Å². The molecule has 0 aliphatic heterocycles. The molecule has 0 aliphatic rings. The summed E-state index contributed by atoms with van der Waals surface area (Å²) >= 11 is 0. The lowest BCUT2D eigenvalue weighted by Gasteiger charge is -2.13. The molecule has 2 aromatic rings. The predicted octanol–water partition coefficient (Wildman–Crippen LogP) is 3.97. The molecule has 2 rings (SSSR count). The summed E-state index contributed by atoms with van der Waals surface area (Å²) < 4.78 is 0. The standard InChI is InChI=1S/C16H16N2O3/c1-11(2)14-8-3-4-9-15(14)17-16(19)12-6-5-7-13(10-12)18(20)21/h3-11H,1-2H3,(H,17,19). The van der Waals surface area contributed by atoms with Crippen LogP contribution in [0.1, 0.15) is 35.7 Å². The maximum Gasteiger partial charge on any atom is 0.270 e. The third kappa shape index (κ3) is 3.45. The molecule has 0 fully saturated rings. The lowest BCUT2D eigenvalue weighted by atomic mass is 10.0. The summed E-state index contributed by atoms with van der Waals surface area (Å²) in [7, 11) is 0. The lowest BCUT2D eigenvalue weighted by molar-refractivity contribution is -0.384. The number of para-hydroxylation sites is 1. The number of nitrogens with one attached hydrogen (secondary N) is 1. The SMILES string of the molecule is CC(C)c1ccccc1NC(=O)c1cccc([N+](=O)[O-])c1. The van der Waals surface area contributed by atoms with Crippen LogP contribution in [0.3, 0.4) is 0 Å². The predicted molar refractivity (Wildman–Crippen MR) is 81.6 cm³/mol. The second-order valence-corrected chi connectivity index (χ2v) is 5.00. The van der Waals surface area contributed by atoms with Crippen molar-refractivity contribution in [3.8, 4) is 0 Å². The van der Waals surface area contributed by atoms with Crippen LogP contribution in [0.4, 0.5) is 11.4 Å². The Bertz CT molecular complexity index is 681. The molecule has 0 radical (unpaired) electrons. The normalized spacial score (nSPS) is 10.4. The highest BCUT2D eigenvalue weighted by Gasteiger charge is 2.13. The first-order chi connectivity index (χ1) is 9.99. The van der Waals surface area contributed by atoms with Crippen LogP contribution in [0.15, 0.2) is 48.5 Å². The Morgan fingerprint density at radius 1 is 1.14 bits per heavy atom. The Kier molecular flexibility index (Phi) is 4.33. The topological polar surface area (TPSA) is 72.2 Å². The average molecular weight is 284 g/mol. The zero-order valence-electron chi connectivity index (χ0n) is 11.9. The van der Waals surface area contributed by atoms with E-state index in [0.29, 0.717) is 0 Å². The van der Waals surface area contributed by atoms with Crippen molar-refractivity contribution in [2.24, 2.45) is 0 Å². The van der Waals surface area contributed by atoms with Crippen molar-refractivity contribution >= 4 is 17.3 Å². The first-order valence-corrected chi connectivity index (χ1v) is 6.63. The molecule has 0 unspecified atom stereocenters. The lowest BCUT2D eigenvalue weighted by Crippen LogP contribution is -2.13. The van der Waals surface area contributed by atoms with Crippen molar-refractivity contribution in [3.63, 3.8) is 0 Å². The van der Waals surface area contributed by atoms with Gasteiger partial charge in [0.25, 0.3) is 11.6 Å². The van der Waals surface area contributed by atoms with Crippen molar-refractivity contribution in [3.05, 3.63) is 69.8 Å². The smallest absolute Gasteiger partial charge is 0.270 e. The number of carbonyl (C=O) groups excluding carboxylic acids is 1. The highest BCUT2D eigenvalue weighted by molar-refractivity contribution is 6.05. The van der Waals surface area contributed by atoms with Crippen LogP contribution >= 0.6 is 0 Å². The van der Waals surface area contributed by atoms with Gasteiger partial charge in [-0.15, -0.1) is 0 Å². The second kappa shape index (κ2) is 6.17. The first kappa shape index (κ1) is 14.7. The van der Waals surface area contributed by atoms with Crippen LogP contribution in [-0.2, 0) is 0 Å². The molecule has 1 amide bonds. The molecule has 5 heteroatoms. The largest absolute Gasteiger partial charge is 0.322 e. The molecule has 0 saturated heterocycles. The average Bonchev–Trinajstić information content (AvgIpc) is 2.47. The molecule has 21 heavy (non-hydrogen) atoms. The van der Waals surface area contributed by atoms with E-state index < -0.39 is 4.92 Å². The highest BCUT2D eigenvalue weighted by atomic mass is 16.6. The van der Waals surface area contributed by atoms with Crippen molar-refractivity contribution in [2.45, 2.75) is 19.8 Å². The quantitative estimate of drug-likeness (QED) is 0.682. The van der Waals surface area contributed by atoms with Crippen LogP contribution < -0.4 is 5.32 Å². The Labute approximate surface area is 122 Å². The number of hydrogen-bond acceptors (Lipinski definition) is 3. The van der Waals surface area contributed by atoms with Gasteiger partial charge < -0.3 is 5.32 Å². The minimum atomic E-state index is -0.515. The maximum absolute atomic E-state index is 12.2. The van der Waals surface area contributed by atoms with E-state index in [0.717, 1.165) is 11.3 Å². The number of benzene rings is 2. The number of nitro benzene ring substituents is 1. The molecule has 0 heterocycles. The van der Waals surface area contributed by atoms with Gasteiger partial charge in [0.05, 0.1) is 4.92 Å². The first-order valence-electron chi connectivity index (χ1n) is 6.63. The number of carbonyl (C=O) groups is 1. The van der Waals surface area contributed by atoms with Gasteiger partial charge in [0.2, 0.25) is 0 Å². The Morgan fingerprint density at radius 3 is 2.52 bits per heavy atom. The van der Waals surface area contributed by atoms with Crippen LogP contribution in [0.5, 0.6) is 0 Å². The molecule has 0 saturated carbocycles. The molecule has 108 valence electrons. The van der Waals surface area contributed by atoms with E-state index in [4.69, 9.17) is 0 Å². The van der Waals surface area contributed by atoms with Crippen LogP contribution in [0, 0.1) is 10.1 Å². The Hall–Kier alpha value is -2.69. The number of amides is 1. The van der Waals surface area contributed by atoms with E-state index in [1.54, 1.807) is 6.07 Å². The highest BCUT2D eigenvalue weighted by Crippen LogP contribution is 2.24. The van der Waals surface area contributed by atoms with Gasteiger partial charge in [-0.25, -0.2) is 0 Å². The van der Waals surface area contributed by atoms with Gasteiger partial charge in [0.15, 0.2) is 0 Å². The van der Waals surface area contributed by atoms with Crippen LogP contribution in [-0.4, -0.2) is 10.8 Å². The zero-order valence-corrected chi connectivity index (χ0v) is 11.9. The van der Waals surface area contributed by atoms with E-state index in [9.17, 15) is 14.9 Å².